The average molecular weight is 382 g/mol. The summed E-state index contributed by atoms with van der Waals surface area (Å²) in [7, 11) is 0. The van der Waals surface area contributed by atoms with Crippen molar-refractivity contribution in [2.45, 2.75) is 64.2 Å². The Kier molecular flexibility index (Phi) is 4.47. The molecule has 4 rings (SSSR count). The van der Waals surface area contributed by atoms with E-state index >= 15 is 0 Å². The second-order valence-electron chi connectivity index (χ2n) is 7.24. The maximum absolute atomic E-state index is 13.3. The highest BCUT2D eigenvalue weighted by atomic mass is 19.4. The summed E-state index contributed by atoms with van der Waals surface area (Å²) in [6.45, 7) is 2.17. The smallest absolute Gasteiger partial charge is 0.361 e. The van der Waals surface area contributed by atoms with Crippen molar-refractivity contribution in [1.29, 1.82) is 0 Å². The SMILES string of the molecule is Cc1cc([C@@H]2CCCN2C(=O)Cn2nc(C(F)(F)F)c3c2CCCC3)no1. The zero-order valence-corrected chi connectivity index (χ0v) is 15.1. The van der Waals surface area contributed by atoms with Crippen molar-refractivity contribution < 1.29 is 22.5 Å². The van der Waals surface area contributed by atoms with Crippen LogP contribution in [-0.4, -0.2) is 32.3 Å². The molecular weight excluding hydrogens is 361 g/mol. The van der Waals surface area contributed by atoms with Crippen LogP contribution in [0.4, 0.5) is 13.2 Å². The van der Waals surface area contributed by atoms with Gasteiger partial charge >= 0.3 is 6.18 Å². The Balaban J connectivity index is 1.58. The average Bonchev–Trinajstić information content (AvgIpc) is 3.32. The molecule has 2 aromatic rings. The molecule has 1 aliphatic carbocycles. The van der Waals surface area contributed by atoms with Crippen molar-refractivity contribution in [1.82, 2.24) is 19.8 Å². The molecular formula is C18H21F3N4O2. The Morgan fingerprint density at radius 3 is 2.78 bits per heavy atom. The highest BCUT2D eigenvalue weighted by Crippen LogP contribution is 2.36. The number of carbonyl (C=O) groups is 1. The fourth-order valence-electron chi connectivity index (χ4n) is 4.16. The van der Waals surface area contributed by atoms with Gasteiger partial charge < -0.3 is 9.42 Å². The summed E-state index contributed by atoms with van der Waals surface area (Å²) in [5.74, 6) is 0.433. The number of nitrogens with zero attached hydrogens (tertiary/aromatic N) is 4. The van der Waals surface area contributed by atoms with E-state index in [0.717, 1.165) is 25.7 Å². The molecule has 146 valence electrons. The van der Waals surface area contributed by atoms with E-state index < -0.39 is 11.9 Å². The third-order valence-corrected chi connectivity index (χ3v) is 5.37. The van der Waals surface area contributed by atoms with Crippen LogP contribution in [0.25, 0.3) is 0 Å². The lowest BCUT2D eigenvalue weighted by molar-refractivity contribution is -0.142. The molecule has 1 saturated heterocycles. The van der Waals surface area contributed by atoms with Gasteiger partial charge in [0, 0.05) is 23.9 Å². The molecule has 1 fully saturated rings. The molecule has 0 N–H and O–H groups in total. The summed E-state index contributed by atoms with van der Waals surface area (Å²) in [6.07, 6.45) is -0.481. The van der Waals surface area contributed by atoms with Gasteiger partial charge in [0.1, 0.15) is 18.0 Å². The molecule has 27 heavy (non-hydrogen) atoms. The summed E-state index contributed by atoms with van der Waals surface area (Å²) < 4.78 is 46.3. The standard InChI is InChI=1S/C18H21F3N4O2/c1-11-9-13(23-27-11)15-7-4-8-24(15)16(26)10-25-14-6-3-2-5-12(14)17(22-25)18(19,20)21/h9,15H,2-8,10H2,1H3/t15-/m0/s1. The molecule has 0 unspecified atom stereocenters. The number of alkyl halides is 3. The molecule has 3 heterocycles. The molecule has 0 radical (unpaired) electrons. The molecule has 0 aromatic carbocycles. The van der Waals surface area contributed by atoms with Crippen molar-refractivity contribution in [3.05, 3.63) is 34.5 Å². The second-order valence-corrected chi connectivity index (χ2v) is 7.24. The maximum atomic E-state index is 13.3. The topological polar surface area (TPSA) is 64.2 Å². The third-order valence-electron chi connectivity index (χ3n) is 5.37. The number of hydrogen-bond donors (Lipinski definition) is 0. The molecule has 2 aliphatic rings. The van der Waals surface area contributed by atoms with Crippen molar-refractivity contribution in [3.8, 4) is 0 Å². The van der Waals surface area contributed by atoms with Crippen molar-refractivity contribution >= 4 is 5.91 Å². The molecule has 1 amide bonds. The number of likely N-dealkylation sites (tertiary alicyclic amines) is 1. The number of carbonyl (C=O) groups excluding carboxylic acids is 1. The number of halogens is 3. The van der Waals surface area contributed by atoms with Crippen LogP contribution in [0, 0.1) is 6.92 Å². The lowest BCUT2D eigenvalue weighted by Gasteiger charge is -2.23. The summed E-state index contributed by atoms with van der Waals surface area (Å²) in [4.78, 5) is 14.6. The van der Waals surface area contributed by atoms with Gasteiger partial charge in [-0.25, -0.2) is 0 Å². The van der Waals surface area contributed by atoms with Crippen molar-refractivity contribution in [2.75, 3.05) is 6.54 Å². The van der Waals surface area contributed by atoms with E-state index in [1.807, 2.05) is 0 Å². The van der Waals surface area contributed by atoms with Gasteiger partial charge in [0.05, 0.1) is 6.04 Å². The highest BCUT2D eigenvalue weighted by Gasteiger charge is 2.40. The monoisotopic (exact) mass is 382 g/mol. The molecule has 0 saturated carbocycles. The minimum atomic E-state index is -4.50. The molecule has 1 atom stereocenters. The van der Waals surface area contributed by atoms with Gasteiger partial charge in [0.25, 0.3) is 0 Å². The Morgan fingerprint density at radius 2 is 2.07 bits per heavy atom. The fraction of sp³-hybridized carbons (Fsp3) is 0.611. The largest absolute Gasteiger partial charge is 0.435 e. The first-order valence-corrected chi connectivity index (χ1v) is 9.23. The first-order chi connectivity index (χ1) is 12.8. The van der Waals surface area contributed by atoms with E-state index in [1.54, 1.807) is 17.9 Å². The number of rotatable bonds is 3. The quantitative estimate of drug-likeness (QED) is 0.816. The van der Waals surface area contributed by atoms with Crippen LogP contribution in [-0.2, 0) is 30.4 Å². The Hall–Kier alpha value is -2.32. The van der Waals surface area contributed by atoms with Crippen LogP contribution in [0.5, 0.6) is 0 Å². The Bertz CT molecular complexity index is 855. The molecule has 9 heteroatoms. The van der Waals surface area contributed by atoms with Gasteiger partial charge in [-0.1, -0.05) is 5.16 Å². The van der Waals surface area contributed by atoms with Crippen molar-refractivity contribution in [3.63, 3.8) is 0 Å². The minimum absolute atomic E-state index is 0.175. The number of fused-ring (bicyclic) bond motifs is 1. The lowest BCUT2D eigenvalue weighted by Crippen LogP contribution is -2.34. The fourth-order valence-corrected chi connectivity index (χ4v) is 4.16. The van der Waals surface area contributed by atoms with E-state index in [2.05, 4.69) is 10.3 Å². The highest BCUT2D eigenvalue weighted by molar-refractivity contribution is 5.77. The predicted octanol–water partition coefficient (Wildman–Crippen LogP) is 3.44. The summed E-state index contributed by atoms with van der Waals surface area (Å²) in [6, 6.07) is 1.61. The first-order valence-electron chi connectivity index (χ1n) is 9.23. The molecule has 6 nitrogen and oxygen atoms in total. The van der Waals surface area contributed by atoms with Gasteiger partial charge in [0.2, 0.25) is 5.91 Å². The lowest BCUT2D eigenvalue weighted by atomic mass is 9.95. The van der Waals surface area contributed by atoms with Gasteiger partial charge in [-0.15, -0.1) is 0 Å². The Labute approximate surface area is 154 Å². The van der Waals surface area contributed by atoms with Crippen LogP contribution >= 0.6 is 0 Å². The maximum Gasteiger partial charge on any atom is 0.435 e. The summed E-state index contributed by atoms with van der Waals surface area (Å²) >= 11 is 0. The van der Waals surface area contributed by atoms with Crippen molar-refractivity contribution in [2.24, 2.45) is 0 Å². The van der Waals surface area contributed by atoms with Crippen LogP contribution in [0.3, 0.4) is 0 Å². The number of aryl methyl sites for hydroxylation is 1. The van der Waals surface area contributed by atoms with Gasteiger partial charge in [-0.05, 0) is 45.4 Å². The number of hydrogen-bond acceptors (Lipinski definition) is 4. The minimum Gasteiger partial charge on any atom is -0.361 e. The van der Waals surface area contributed by atoms with E-state index in [0.29, 0.717) is 36.5 Å². The van der Waals surface area contributed by atoms with Crippen LogP contribution in [0.1, 0.15) is 60.1 Å². The molecule has 2 aromatic heterocycles. The third kappa shape index (κ3) is 3.35. The zero-order valence-electron chi connectivity index (χ0n) is 15.1. The van der Waals surface area contributed by atoms with Gasteiger partial charge in [-0.2, -0.15) is 18.3 Å². The Morgan fingerprint density at radius 1 is 1.30 bits per heavy atom. The summed E-state index contributed by atoms with van der Waals surface area (Å²) in [5, 5.41) is 7.79. The van der Waals surface area contributed by atoms with Gasteiger partial charge in [0.15, 0.2) is 5.69 Å². The first kappa shape index (κ1) is 18.1. The molecule has 1 aliphatic heterocycles. The van der Waals surface area contributed by atoms with Crippen LogP contribution in [0.2, 0.25) is 0 Å². The summed E-state index contributed by atoms with van der Waals surface area (Å²) in [5.41, 5.74) is 0.661. The number of aromatic nitrogens is 3. The second kappa shape index (κ2) is 6.69. The van der Waals surface area contributed by atoms with Gasteiger partial charge in [-0.3, -0.25) is 9.48 Å². The zero-order chi connectivity index (χ0) is 19.2. The van der Waals surface area contributed by atoms with Crippen LogP contribution in [0.15, 0.2) is 10.6 Å². The molecule has 0 bridgehead atoms. The predicted molar refractivity (Wildman–Crippen MR) is 88.8 cm³/mol. The number of amides is 1. The van der Waals surface area contributed by atoms with E-state index in [1.165, 1.54) is 4.68 Å². The van der Waals surface area contributed by atoms with Crippen LogP contribution < -0.4 is 0 Å². The molecule has 0 spiro atoms. The van der Waals surface area contributed by atoms with E-state index in [9.17, 15) is 18.0 Å². The normalized spacial score (nSPS) is 20.1. The van der Waals surface area contributed by atoms with E-state index in [4.69, 9.17) is 4.52 Å². The van der Waals surface area contributed by atoms with E-state index in [-0.39, 0.29) is 24.1 Å².